The smallest absolute Gasteiger partial charge is 0.131 e. The van der Waals surface area contributed by atoms with Crippen molar-refractivity contribution in [1.82, 2.24) is 0 Å². The Balaban J connectivity index is 1.37. The van der Waals surface area contributed by atoms with Crippen LogP contribution in [0.4, 0.5) is 0 Å². The number of fused-ring (bicyclic) bond motifs is 2. The van der Waals surface area contributed by atoms with E-state index in [0.717, 1.165) is 79.8 Å². The molecule has 58 heavy (non-hydrogen) atoms. The molecule has 2 aromatic rings. The lowest BCUT2D eigenvalue weighted by atomic mass is 9.79. The van der Waals surface area contributed by atoms with Crippen LogP contribution in [-0.4, -0.2) is 11.2 Å². The summed E-state index contributed by atoms with van der Waals surface area (Å²) in [5, 5.41) is 0. The Labute approximate surface area is 361 Å². The van der Waals surface area contributed by atoms with E-state index >= 15 is 0 Å². The van der Waals surface area contributed by atoms with E-state index in [9.17, 15) is 0 Å². The SMILES string of the molecule is Cc1cc2c(c(-c3c(C)c(C)c(C)c4c3CCC(C)(CCCC(C)CCCC(C)CCCC(C)C)O4)c1)OC(C)(CCCC(C)CCCC(C)CCCC(C)C)CC2. The minimum absolute atomic E-state index is 0.106. The first-order valence-corrected chi connectivity index (χ1v) is 25.0. The summed E-state index contributed by atoms with van der Waals surface area (Å²) in [6.45, 7) is 33.4. The van der Waals surface area contributed by atoms with Crippen molar-refractivity contribution in [2.24, 2.45) is 35.5 Å². The van der Waals surface area contributed by atoms with E-state index in [1.54, 1.807) is 0 Å². The molecule has 0 spiro atoms. The molecule has 0 amide bonds. The predicted molar refractivity (Wildman–Crippen MR) is 255 cm³/mol. The number of hydrogen-bond acceptors (Lipinski definition) is 2. The van der Waals surface area contributed by atoms with E-state index < -0.39 is 0 Å². The Morgan fingerprint density at radius 1 is 0.483 bits per heavy atom. The van der Waals surface area contributed by atoms with Gasteiger partial charge in [-0.3, -0.25) is 0 Å². The highest BCUT2D eigenvalue weighted by Crippen LogP contribution is 2.51. The van der Waals surface area contributed by atoms with Gasteiger partial charge in [0.15, 0.2) is 0 Å². The Hall–Kier alpha value is -1.96. The van der Waals surface area contributed by atoms with Gasteiger partial charge in [0.2, 0.25) is 0 Å². The number of ether oxygens (including phenoxy) is 2. The Morgan fingerprint density at radius 2 is 0.897 bits per heavy atom. The van der Waals surface area contributed by atoms with Gasteiger partial charge in [-0.25, -0.2) is 0 Å². The Bertz CT molecular complexity index is 1550. The Kier molecular flexibility index (Phi) is 19.1. The van der Waals surface area contributed by atoms with Gasteiger partial charge in [0.25, 0.3) is 0 Å². The van der Waals surface area contributed by atoms with Crippen molar-refractivity contribution in [2.45, 2.75) is 249 Å². The second-order valence-electron chi connectivity index (χ2n) is 22.2. The molecule has 2 heterocycles. The van der Waals surface area contributed by atoms with Gasteiger partial charge in [0, 0.05) is 11.1 Å². The summed E-state index contributed by atoms with van der Waals surface area (Å²) in [6.07, 6.45) is 28.4. The molecule has 2 aliphatic rings. The molecule has 2 heteroatoms. The lowest BCUT2D eigenvalue weighted by Crippen LogP contribution is -2.37. The van der Waals surface area contributed by atoms with Crippen LogP contribution in [0.1, 0.15) is 231 Å². The summed E-state index contributed by atoms with van der Waals surface area (Å²) in [6, 6.07) is 4.83. The maximum Gasteiger partial charge on any atom is 0.131 e. The van der Waals surface area contributed by atoms with Gasteiger partial charge in [-0.05, 0) is 168 Å². The quantitative estimate of drug-likeness (QED) is 0.0996. The van der Waals surface area contributed by atoms with Crippen LogP contribution in [0.3, 0.4) is 0 Å². The zero-order chi connectivity index (χ0) is 42.6. The second-order valence-corrected chi connectivity index (χ2v) is 22.2. The number of benzene rings is 2. The van der Waals surface area contributed by atoms with Crippen molar-refractivity contribution in [1.29, 1.82) is 0 Å². The van der Waals surface area contributed by atoms with Crippen molar-refractivity contribution < 1.29 is 9.47 Å². The van der Waals surface area contributed by atoms with Crippen molar-refractivity contribution >= 4 is 0 Å². The molecule has 330 valence electrons. The predicted octanol–water partition coefficient (Wildman–Crippen LogP) is 17.6. The molecule has 6 atom stereocenters. The summed E-state index contributed by atoms with van der Waals surface area (Å²) in [4.78, 5) is 0. The zero-order valence-corrected chi connectivity index (χ0v) is 41.0. The van der Waals surface area contributed by atoms with E-state index in [2.05, 4.69) is 109 Å². The first kappa shape index (κ1) is 48.7. The molecule has 4 rings (SSSR count). The van der Waals surface area contributed by atoms with Gasteiger partial charge in [-0.15, -0.1) is 0 Å². The zero-order valence-electron chi connectivity index (χ0n) is 41.0. The van der Waals surface area contributed by atoms with Crippen LogP contribution in [0.5, 0.6) is 11.5 Å². The summed E-state index contributed by atoms with van der Waals surface area (Å²) in [5.74, 6) is 7.33. The fourth-order valence-corrected chi connectivity index (χ4v) is 10.6. The molecule has 2 aromatic carbocycles. The van der Waals surface area contributed by atoms with Gasteiger partial charge in [-0.1, -0.05) is 151 Å². The lowest BCUT2D eigenvalue weighted by molar-refractivity contribution is 0.0513. The highest BCUT2D eigenvalue weighted by atomic mass is 16.5. The third-order valence-electron chi connectivity index (χ3n) is 15.1. The topological polar surface area (TPSA) is 18.5 Å². The van der Waals surface area contributed by atoms with Crippen molar-refractivity contribution in [3.05, 3.63) is 45.5 Å². The summed E-state index contributed by atoms with van der Waals surface area (Å²) >= 11 is 0. The maximum absolute atomic E-state index is 7.27. The third-order valence-corrected chi connectivity index (χ3v) is 15.1. The molecular weight excluding hydrogens is 705 g/mol. The standard InChI is InChI=1S/C56H94O2/c1-39(2)21-15-23-41(5)25-17-27-43(7)29-19-33-55(13)35-31-49-37-45(9)38-51(54(49)58-55)52-47(11)46(10)48(12)53-50(52)32-36-56(14,57-53)34-20-30-44(8)28-18-26-42(6)24-16-22-40(3)4/h37-44H,15-36H2,1-14H3. The van der Waals surface area contributed by atoms with Crippen LogP contribution in [0.2, 0.25) is 0 Å². The summed E-state index contributed by atoms with van der Waals surface area (Å²) in [5.41, 5.74) is 10.7. The highest BCUT2D eigenvalue weighted by molar-refractivity contribution is 5.82. The first-order valence-electron chi connectivity index (χ1n) is 25.0. The van der Waals surface area contributed by atoms with Crippen LogP contribution < -0.4 is 9.47 Å². The molecule has 2 nitrogen and oxygen atoms in total. The van der Waals surface area contributed by atoms with Crippen molar-refractivity contribution in [2.75, 3.05) is 0 Å². The number of hydrogen-bond donors (Lipinski definition) is 0. The molecule has 0 aromatic heterocycles. The molecule has 0 radical (unpaired) electrons. The third kappa shape index (κ3) is 14.6. The van der Waals surface area contributed by atoms with Crippen LogP contribution in [0.25, 0.3) is 11.1 Å². The summed E-state index contributed by atoms with van der Waals surface area (Å²) in [7, 11) is 0. The van der Waals surface area contributed by atoms with E-state index in [1.165, 1.54) is 153 Å². The Morgan fingerprint density at radius 3 is 1.36 bits per heavy atom. The van der Waals surface area contributed by atoms with E-state index in [1.807, 2.05) is 0 Å². The van der Waals surface area contributed by atoms with Crippen LogP contribution in [0, 0.1) is 63.2 Å². The van der Waals surface area contributed by atoms with Crippen molar-refractivity contribution in [3.63, 3.8) is 0 Å². The fourth-order valence-electron chi connectivity index (χ4n) is 10.6. The van der Waals surface area contributed by atoms with E-state index in [0.29, 0.717) is 0 Å². The van der Waals surface area contributed by atoms with Crippen molar-refractivity contribution in [3.8, 4) is 22.6 Å². The average Bonchev–Trinajstić information content (AvgIpc) is 3.14. The average molecular weight is 799 g/mol. The monoisotopic (exact) mass is 799 g/mol. The molecular formula is C56H94O2. The molecule has 0 aliphatic carbocycles. The van der Waals surface area contributed by atoms with Gasteiger partial charge in [-0.2, -0.15) is 0 Å². The van der Waals surface area contributed by atoms with E-state index in [-0.39, 0.29) is 11.2 Å². The van der Waals surface area contributed by atoms with E-state index in [4.69, 9.17) is 9.47 Å². The van der Waals surface area contributed by atoms with Crippen LogP contribution in [-0.2, 0) is 12.8 Å². The molecule has 0 fully saturated rings. The maximum atomic E-state index is 7.27. The van der Waals surface area contributed by atoms with Gasteiger partial charge >= 0.3 is 0 Å². The minimum atomic E-state index is -0.118. The van der Waals surface area contributed by atoms with Gasteiger partial charge < -0.3 is 9.47 Å². The largest absolute Gasteiger partial charge is 0.487 e. The molecule has 0 bridgehead atoms. The highest BCUT2D eigenvalue weighted by Gasteiger charge is 2.38. The molecule has 2 aliphatic heterocycles. The normalized spacial score (nSPS) is 21.3. The molecule has 6 unspecified atom stereocenters. The van der Waals surface area contributed by atoms with Crippen LogP contribution in [0.15, 0.2) is 12.1 Å². The molecule has 0 saturated heterocycles. The van der Waals surface area contributed by atoms with Gasteiger partial charge in [0.1, 0.15) is 22.7 Å². The minimum Gasteiger partial charge on any atom is -0.487 e. The second kappa shape index (κ2) is 22.8. The number of rotatable bonds is 25. The lowest BCUT2D eigenvalue weighted by Gasteiger charge is -2.40. The summed E-state index contributed by atoms with van der Waals surface area (Å²) < 4.78 is 14.5. The molecule has 0 N–H and O–H groups in total. The first-order chi connectivity index (χ1) is 27.4. The fraction of sp³-hybridized carbons (Fsp3) is 0.786. The molecule has 0 saturated carbocycles. The van der Waals surface area contributed by atoms with Gasteiger partial charge in [0.05, 0.1) is 0 Å². The number of aryl methyl sites for hydroxylation is 2. The van der Waals surface area contributed by atoms with Crippen LogP contribution >= 0.6 is 0 Å².